The first-order valence-electron chi connectivity index (χ1n) is 1.87. The van der Waals surface area contributed by atoms with Crippen molar-refractivity contribution in [2.24, 2.45) is 5.90 Å². The summed E-state index contributed by atoms with van der Waals surface area (Å²) in [5, 5.41) is 8.28. The van der Waals surface area contributed by atoms with Crippen LogP contribution in [0, 0.1) is 0 Å². The molecule has 7 heavy (non-hydrogen) atoms. The Morgan fingerprint density at radius 1 is 1.86 bits per heavy atom. The lowest BCUT2D eigenvalue weighted by atomic mass is 10.4. The molecule has 0 fully saturated rings. The molecule has 1 atom stereocenters. The van der Waals surface area contributed by atoms with Crippen molar-refractivity contribution in [1.82, 2.24) is 0 Å². The largest absolute Gasteiger partial charge is 0.388 e. The van der Waals surface area contributed by atoms with Gasteiger partial charge in [0.15, 0.2) is 0 Å². The summed E-state index contributed by atoms with van der Waals surface area (Å²) in [5.74, 6) is 4.48. The van der Waals surface area contributed by atoms with Gasteiger partial charge < -0.3 is 9.94 Å². The Morgan fingerprint density at radius 2 is 2.43 bits per heavy atom. The van der Waals surface area contributed by atoms with E-state index in [0.717, 1.165) is 0 Å². The number of aliphatic hydroxyl groups excluding tert-OH is 1. The Morgan fingerprint density at radius 3 is 2.57 bits per heavy atom. The molecule has 3 N–H and O–H groups in total. The molecule has 0 heterocycles. The van der Waals surface area contributed by atoms with Crippen LogP contribution in [0.4, 0.5) is 4.39 Å². The zero-order valence-corrected chi connectivity index (χ0v) is 3.80. The number of hydrogen-bond donors (Lipinski definition) is 2. The van der Waals surface area contributed by atoms with Gasteiger partial charge in [-0.2, -0.15) is 0 Å². The summed E-state index contributed by atoms with van der Waals surface area (Å²) in [4.78, 5) is 3.90. The molecule has 0 amide bonds. The fourth-order valence-corrected chi connectivity index (χ4v) is 0.156. The van der Waals surface area contributed by atoms with E-state index in [1.807, 2.05) is 0 Å². The van der Waals surface area contributed by atoms with Gasteiger partial charge in [-0.05, 0) is 0 Å². The lowest BCUT2D eigenvalue weighted by Gasteiger charge is -1.99. The molecular weight excluding hydrogens is 101 g/mol. The molecule has 44 valence electrons. The maximum Gasteiger partial charge on any atom is 0.118 e. The average Bonchev–Trinajstić information content (AvgIpc) is 1.68. The Balaban J connectivity index is 2.83. The van der Waals surface area contributed by atoms with Crippen LogP contribution in [-0.4, -0.2) is 24.5 Å². The first-order valence-corrected chi connectivity index (χ1v) is 1.87. The fraction of sp³-hybridized carbons (Fsp3) is 1.00. The van der Waals surface area contributed by atoms with Gasteiger partial charge in [0.05, 0.1) is 6.61 Å². The van der Waals surface area contributed by atoms with Crippen molar-refractivity contribution < 1.29 is 14.3 Å². The maximum absolute atomic E-state index is 11.2. The minimum absolute atomic E-state index is 0.142. The number of alkyl halides is 1. The summed E-state index contributed by atoms with van der Waals surface area (Å²) in [5.41, 5.74) is 0. The molecule has 0 aliphatic heterocycles. The van der Waals surface area contributed by atoms with Gasteiger partial charge in [0.25, 0.3) is 0 Å². The SMILES string of the molecule is NOCC(O)CF. The first kappa shape index (κ1) is 6.81. The monoisotopic (exact) mass is 109 g/mol. The number of rotatable bonds is 3. The van der Waals surface area contributed by atoms with Gasteiger partial charge in [-0.15, -0.1) is 0 Å². The summed E-state index contributed by atoms with van der Waals surface area (Å²) in [6.45, 7) is -0.951. The van der Waals surface area contributed by atoms with Gasteiger partial charge in [0.2, 0.25) is 0 Å². The molecule has 0 saturated carbocycles. The minimum atomic E-state index is -1.06. The second-order valence-corrected chi connectivity index (χ2v) is 1.14. The highest BCUT2D eigenvalue weighted by Crippen LogP contribution is 1.80. The molecule has 0 rings (SSSR count). The second kappa shape index (κ2) is 3.98. The van der Waals surface area contributed by atoms with E-state index in [-0.39, 0.29) is 6.61 Å². The topological polar surface area (TPSA) is 55.5 Å². The molecule has 0 saturated heterocycles. The van der Waals surface area contributed by atoms with E-state index < -0.39 is 12.8 Å². The van der Waals surface area contributed by atoms with Gasteiger partial charge in [0.1, 0.15) is 12.8 Å². The molecule has 0 aromatic carbocycles. The van der Waals surface area contributed by atoms with Crippen molar-refractivity contribution in [3.63, 3.8) is 0 Å². The number of hydrogen-bond acceptors (Lipinski definition) is 3. The summed E-state index contributed by atoms with van der Waals surface area (Å²) in [7, 11) is 0. The van der Waals surface area contributed by atoms with Crippen molar-refractivity contribution in [2.75, 3.05) is 13.3 Å². The highest BCUT2D eigenvalue weighted by atomic mass is 19.1. The van der Waals surface area contributed by atoms with Crippen molar-refractivity contribution in [3.8, 4) is 0 Å². The quantitative estimate of drug-likeness (QED) is 0.467. The molecule has 0 radical (unpaired) electrons. The lowest BCUT2D eigenvalue weighted by molar-refractivity contribution is 0.0238. The highest BCUT2D eigenvalue weighted by molar-refractivity contribution is 4.46. The van der Waals surface area contributed by atoms with Crippen LogP contribution in [0.25, 0.3) is 0 Å². The zero-order chi connectivity index (χ0) is 5.70. The third kappa shape index (κ3) is 3.65. The molecule has 0 aromatic rings. The third-order valence-corrected chi connectivity index (χ3v) is 0.467. The van der Waals surface area contributed by atoms with Gasteiger partial charge in [-0.1, -0.05) is 0 Å². The van der Waals surface area contributed by atoms with Crippen LogP contribution < -0.4 is 5.90 Å². The first-order chi connectivity index (χ1) is 3.31. The second-order valence-electron chi connectivity index (χ2n) is 1.14. The predicted molar refractivity (Wildman–Crippen MR) is 22.1 cm³/mol. The van der Waals surface area contributed by atoms with Crippen LogP contribution in [0.1, 0.15) is 0 Å². The zero-order valence-electron chi connectivity index (χ0n) is 3.80. The van der Waals surface area contributed by atoms with Crippen LogP contribution in [0.3, 0.4) is 0 Å². The Labute approximate surface area is 40.8 Å². The Hall–Kier alpha value is -0.190. The minimum Gasteiger partial charge on any atom is -0.388 e. The summed E-state index contributed by atoms with van der Waals surface area (Å²) >= 11 is 0. The van der Waals surface area contributed by atoms with Crippen LogP contribution >= 0.6 is 0 Å². The van der Waals surface area contributed by atoms with E-state index in [2.05, 4.69) is 10.7 Å². The standard InChI is InChI=1S/C3H8FNO2/c4-1-3(6)2-7-5/h3,6H,1-2,5H2. The molecule has 0 spiro atoms. The molecule has 0 aliphatic carbocycles. The van der Waals surface area contributed by atoms with Crippen LogP contribution in [0.15, 0.2) is 0 Å². The van der Waals surface area contributed by atoms with Crippen molar-refractivity contribution in [2.45, 2.75) is 6.10 Å². The Bertz CT molecular complexity index is 43.9. The van der Waals surface area contributed by atoms with E-state index >= 15 is 0 Å². The number of nitrogens with two attached hydrogens (primary N) is 1. The summed E-state index contributed by atoms with van der Waals surface area (Å²) in [6.07, 6.45) is -1.06. The van der Waals surface area contributed by atoms with Crippen molar-refractivity contribution in [1.29, 1.82) is 0 Å². The van der Waals surface area contributed by atoms with Gasteiger partial charge in [0, 0.05) is 0 Å². The summed E-state index contributed by atoms with van der Waals surface area (Å²) in [6, 6.07) is 0. The molecule has 0 aliphatic rings. The fourth-order valence-electron chi connectivity index (χ4n) is 0.156. The van der Waals surface area contributed by atoms with Gasteiger partial charge in [-0.3, -0.25) is 0 Å². The lowest BCUT2D eigenvalue weighted by Crippen LogP contribution is -2.19. The van der Waals surface area contributed by atoms with Crippen LogP contribution in [-0.2, 0) is 4.84 Å². The molecule has 0 aromatic heterocycles. The predicted octanol–water partition coefficient (Wildman–Crippen LogP) is -0.793. The third-order valence-electron chi connectivity index (χ3n) is 0.467. The van der Waals surface area contributed by atoms with Crippen LogP contribution in [0.5, 0.6) is 0 Å². The Kier molecular flexibility index (Phi) is 3.87. The van der Waals surface area contributed by atoms with E-state index in [1.54, 1.807) is 0 Å². The summed E-state index contributed by atoms with van der Waals surface area (Å²) < 4.78 is 11.2. The van der Waals surface area contributed by atoms with Gasteiger partial charge >= 0.3 is 0 Å². The molecule has 4 heteroatoms. The van der Waals surface area contributed by atoms with Crippen molar-refractivity contribution >= 4 is 0 Å². The van der Waals surface area contributed by atoms with Crippen LogP contribution in [0.2, 0.25) is 0 Å². The van der Waals surface area contributed by atoms with E-state index in [9.17, 15) is 4.39 Å². The molecule has 0 bridgehead atoms. The molecule has 3 nitrogen and oxygen atoms in total. The van der Waals surface area contributed by atoms with E-state index in [4.69, 9.17) is 5.11 Å². The molecular formula is C3H8FNO2. The van der Waals surface area contributed by atoms with E-state index in [0.29, 0.717) is 0 Å². The maximum atomic E-state index is 11.2. The smallest absolute Gasteiger partial charge is 0.118 e. The normalized spacial score (nSPS) is 14.1. The van der Waals surface area contributed by atoms with E-state index in [1.165, 1.54) is 0 Å². The van der Waals surface area contributed by atoms with Crippen molar-refractivity contribution in [3.05, 3.63) is 0 Å². The van der Waals surface area contributed by atoms with Gasteiger partial charge in [-0.25, -0.2) is 10.3 Å². The number of halogens is 1. The highest BCUT2D eigenvalue weighted by Gasteiger charge is 1.98. The average molecular weight is 109 g/mol. The molecule has 1 unspecified atom stereocenters. The number of aliphatic hydroxyl groups is 1.